The quantitative estimate of drug-likeness (QED) is 0.679. The van der Waals surface area contributed by atoms with Crippen LogP contribution >= 0.6 is 0 Å². The number of nitrogens with one attached hydrogen (secondary N) is 1. The van der Waals surface area contributed by atoms with Crippen LogP contribution in [0, 0.1) is 0 Å². The van der Waals surface area contributed by atoms with Gasteiger partial charge in [0.1, 0.15) is 6.61 Å². The molecular formula is C19H26F3N3O3. The fourth-order valence-corrected chi connectivity index (χ4v) is 2.99. The van der Waals surface area contributed by atoms with Gasteiger partial charge in [0.2, 0.25) is 11.8 Å². The van der Waals surface area contributed by atoms with Gasteiger partial charge in [0.15, 0.2) is 0 Å². The molecule has 6 nitrogen and oxygen atoms in total. The summed E-state index contributed by atoms with van der Waals surface area (Å²) in [7, 11) is 0. The van der Waals surface area contributed by atoms with Crippen molar-refractivity contribution in [2.45, 2.75) is 25.9 Å². The summed E-state index contributed by atoms with van der Waals surface area (Å²) >= 11 is 0. The molecule has 1 aliphatic heterocycles. The van der Waals surface area contributed by atoms with Crippen LogP contribution in [0.4, 0.5) is 18.9 Å². The molecule has 2 rings (SSSR count). The van der Waals surface area contributed by atoms with Gasteiger partial charge in [0.25, 0.3) is 0 Å². The number of hydrogen-bond acceptors (Lipinski definition) is 4. The Morgan fingerprint density at radius 3 is 2.32 bits per heavy atom. The average molecular weight is 401 g/mol. The summed E-state index contributed by atoms with van der Waals surface area (Å²) in [4.78, 5) is 27.4. The molecule has 28 heavy (non-hydrogen) atoms. The molecule has 156 valence electrons. The first kappa shape index (κ1) is 22.2. The number of carbonyl (C=O) groups excluding carboxylic acids is 2. The van der Waals surface area contributed by atoms with Crippen molar-refractivity contribution < 1.29 is 27.5 Å². The number of nitrogens with zero attached hydrogens (tertiary/aromatic N) is 2. The Morgan fingerprint density at radius 2 is 1.75 bits per heavy atom. The molecule has 0 spiro atoms. The van der Waals surface area contributed by atoms with Gasteiger partial charge in [-0.15, -0.1) is 0 Å². The minimum atomic E-state index is -4.28. The van der Waals surface area contributed by atoms with Gasteiger partial charge < -0.3 is 15.0 Å². The summed E-state index contributed by atoms with van der Waals surface area (Å²) < 4.78 is 40.6. The highest BCUT2D eigenvalue weighted by Crippen LogP contribution is 2.15. The highest BCUT2D eigenvalue weighted by molar-refractivity contribution is 5.88. The molecule has 1 heterocycles. The van der Waals surface area contributed by atoms with E-state index in [0.717, 1.165) is 5.56 Å². The summed E-state index contributed by atoms with van der Waals surface area (Å²) in [5.41, 5.74) is 1.57. The summed E-state index contributed by atoms with van der Waals surface area (Å²) in [5, 5.41) is 2.68. The Morgan fingerprint density at radius 1 is 1.11 bits per heavy atom. The minimum absolute atomic E-state index is 0.0421. The van der Waals surface area contributed by atoms with E-state index in [4.69, 9.17) is 0 Å². The molecule has 1 aromatic carbocycles. The van der Waals surface area contributed by atoms with Crippen molar-refractivity contribution in [3.05, 3.63) is 29.8 Å². The smallest absolute Gasteiger partial charge is 0.372 e. The number of amides is 2. The fourth-order valence-electron chi connectivity index (χ4n) is 2.99. The number of anilines is 1. The van der Waals surface area contributed by atoms with Crippen molar-refractivity contribution in [1.82, 2.24) is 9.80 Å². The lowest BCUT2D eigenvalue weighted by Crippen LogP contribution is -2.49. The standard InChI is InChI=1S/C19H26F3N3O3/c1-15(26)23-17-5-3-16(4-6-17)13-18(27)25-10-8-24(9-11-25)7-2-12-28-14-19(20,21)22/h3-6H,2,7-14H2,1H3,(H,23,26). The van der Waals surface area contributed by atoms with E-state index in [0.29, 0.717) is 51.3 Å². The number of hydrogen-bond donors (Lipinski definition) is 1. The molecule has 0 aliphatic carbocycles. The van der Waals surface area contributed by atoms with Crippen LogP contribution in [0.2, 0.25) is 0 Å². The predicted molar refractivity (Wildman–Crippen MR) is 99.0 cm³/mol. The first-order valence-electron chi connectivity index (χ1n) is 9.24. The Bertz CT molecular complexity index is 642. The third kappa shape index (κ3) is 8.26. The molecule has 1 saturated heterocycles. The van der Waals surface area contributed by atoms with Gasteiger partial charge >= 0.3 is 6.18 Å². The number of piperazine rings is 1. The van der Waals surface area contributed by atoms with Crippen molar-refractivity contribution in [2.24, 2.45) is 0 Å². The minimum Gasteiger partial charge on any atom is -0.372 e. The number of rotatable bonds is 8. The van der Waals surface area contributed by atoms with E-state index in [9.17, 15) is 22.8 Å². The molecule has 0 radical (unpaired) electrons. The van der Waals surface area contributed by atoms with Crippen molar-refractivity contribution in [3.63, 3.8) is 0 Å². The molecule has 9 heteroatoms. The van der Waals surface area contributed by atoms with Crippen LogP contribution in [0.1, 0.15) is 18.9 Å². The van der Waals surface area contributed by atoms with E-state index >= 15 is 0 Å². The number of alkyl halides is 3. The summed E-state index contributed by atoms with van der Waals surface area (Å²) in [5.74, 6) is -0.103. The van der Waals surface area contributed by atoms with E-state index in [-0.39, 0.29) is 18.4 Å². The van der Waals surface area contributed by atoms with Crippen molar-refractivity contribution in [1.29, 1.82) is 0 Å². The highest BCUT2D eigenvalue weighted by atomic mass is 19.4. The van der Waals surface area contributed by atoms with Gasteiger partial charge in [-0.25, -0.2) is 0 Å². The molecule has 1 fully saturated rings. The van der Waals surface area contributed by atoms with Crippen LogP contribution in [0.5, 0.6) is 0 Å². The normalized spacial score (nSPS) is 15.5. The summed E-state index contributed by atoms with van der Waals surface area (Å²) in [6.45, 7) is 3.57. The zero-order valence-corrected chi connectivity index (χ0v) is 15.9. The topological polar surface area (TPSA) is 61.9 Å². The average Bonchev–Trinajstić information content (AvgIpc) is 2.62. The zero-order chi connectivity index (χ0) is 20.6. The van der Waals surface area contributed by atoms with Gasteiger partial charge in [-0.2, -0.15) is 13.2 Å². The van der Waals surface area contributed by atoms with E-state index in [1.807, 2.05) is 12.1 Å². The molecule has 1 N–H and O–H groups in total. The second-order valence-corrected chi connectivity index (χ2v) is 6.80. The van der Waals surface area contributed by atoms with E-state index in [1.54, 1.807) is 17.0 Å². The van der Waals surface area contributed by atoms with Crippen LogP contribution in [0.25, 0.3) is 0 Å². The second-order valence-electron chi connectivity index (χ2n) is 6.80. The van der Waals surface area contributed by atoms with Gasteiger partial charge in [0.05, 0.1) is 6.42 Å². The zero-order valence-electron chi connectivity index (χ0n) is 15.9. The van der Waals surface area contributed by atoms with E-state index in [1.165, 1.54) is 6.92 Å². The predicted octanol–water partition coefficient (Wildman–Crippen LogP) is 2.30. The molecular weight excluding hydrogens is 375 g/mol. The van der Waals surface area contributed by atoms with Gasteiger partial charge in [0, 0.05) is 51.9 Å². The maximum atomic E-state index is 12.4. The van der Waals surface area contributed by atoms with Gasteiger partial charge in [-0.05, 0) is 24.1 Å². The molecule has 0 unspecified atom stereocenters. The lowest BCUT2D eigenvalue weighted by molar-refractivity contribution is -0.174. The van der Waals surface area contributed by atoms with Crippen LogP contribution in [0.15, 0.2) is 24.3 Å². The molecule has 0 atom stereocenters. The number of ether oxygens (including phenoxy) is 1. The molecule has 1 aliphatic rings. The van der Waals surface area contributed by atoms with E-state index in [2.05, 4.69) is 15.0 Å². The third-order valence-electron chi connectivity index (χ3n) is 4.38. The largest absolute Gasteiger partial charge is 0.411 e. The Hall–Kier alpha value is -2.13. The lowest BCUT2D eigenvalue weighted by atomic mass is 10.1. The van der Waals surface area contributed by atoms with Crippen LogP contribution < -0.4 is 5.32 Å². The maximum absolute atomic E-state index is 12.4. The first-order chi connectivity index (χ1) is 13.2. The molecule has 0 saturated carbocycles. The summed E-state index contributed by atoms with van der Waals surface area (Å²) in [6, 6.07) is 7.17. The number of benzene rings is 1. The fraction of sp³-hybridized carbons (Fsp3) is 0.579. The van der Waals surface area contributed by atoms with Crippen molar-refractivity contribution in [2.75, 3.05) is 51.3 Å². The van der Waals surface area contributed by atoms with Crippen LogP contribution in [-0.2, 0) is 20.7 Å². The SMILES string of the molecule is CC(=O)Nc1ccc(CC(=O)N2CCN(CCCOCC(F)(F)F)CC2)cc1. The highest BCUT2D eigenvalue weighted by Gasteiger charge is 2.27. The molecule has 1 aromatic rings. The lowest BCUT2D eigenvalue weighted by Gasteiger charge is -2.34. The molecule has 0 bridgehead atoms. The monoisotopic (exact) mass is 401 g/mol. The van der Waals surface area contributed by atoms with Crippen molar-refractivity contribution in [3.8, 4) is 0 Å². The second kappa shape index (κ2) is 10.4. The number of carbonyl (C=O) groups is 2. The van der Waals surface area contributed by atoms with E-state index < -0.39 is 12.8 Å². The van der Waals surface area contributed by atoms with Crippen LogP contribution in [-0.4, -0.2) is 73.7 Å². The number of halogens is 3. The molecule has 2 amide bonds. The summed E-state index contributed by atoms with van der Waals surface area (Å²) in [6.07, 6.45) is -3.45. The van der Waals surface area contributed by atoms with Crippen LogP contribution in [0.3, 0.4) is 0 Å². The van der Waals surface area contributed by atoms with Gasteiger partial charge in [-0.1, -0.05) is 12.1 Å². The Balaban J connectivity index is 1.65. The van der Waals surface area contributed by atoms with Crippen molar-refractivity contribution >= 4 is 17.5 Å². The maximum Gasteiger partial charge on any atom is 0.411 e. The Kier molecular flexibility index (Phi) is 8.25. The third-order valence-corrected chi connectivity index (χ3v) is 4.38. The first-order valence-corrected chi connectivity index (χ1v) is 9.24. The van der Waals surface area contributed by atoms with Gasteiger partial charge in [-0.3, -0.25) is 14.5 Å². The molecule has 0 aromatic heterocycles. The Labute approximate surface area is 162 Å².